The first-order valence-electron chi connectivity index (χ1n) is 10.2. The monoisotopic (exact) mass is 446 g/mol. The van der Waals surface area contributed by atoms with Gasteiger partial charge in [0, 0.05) is 44.4 Å². The molecule has 0 N–H and O–H groups in total. The number of hydrogen-bond donors (Lipinski definition) is 0. The van der Waals surface area contributed by atoms with Gasteiger partial charge in [-0.25, -0.2) is 14.4 Å². The Morgan fingerprint density at radius 1 is 1.03 bits per heavy atom. The number of aromatic nitrogens is 2. The van der Waals surface area contributed by atoms with Crippen LogP contribution in [0.1, 0.15) is 18.1 Å². The molecule has 168 valence electrons. The summed E-state index contributed by atoms with van der Waals surface area (Å²) in [6.45, 7) is 4.44. The maximum Gasteiger partial charge on any atom is 0.416 e. The first-order valence-corrected chi connectivity index (χ1v) is 10.2. The Labute approximate surface area is 183 Å². The largest absolute Gasteiger partial charge is 0.439 e. The number of nitrogens with zero attached hydrogens (tertiary/aromatic N) is 4. The fraction of sp³-hybridized carbons (Fsp3) is 0.304. The number of benzene rings is 2. The van der Waals surface area contributed by atoms with Crippen LogP contribution < -0.4 is 9.64 Å². The molecule has 1 atom stereocenters. The van der Waals surface area contributed by atoms with Crippen molar-refractivity contribution in [1.82, 2.24) is 14.9 Å². The number of hydrogen-bond acceptors (Lipinski definition) is 5. The zero-order valence-corrected chi connectivity index (χ0v) is 17.4. The fourth-order valence-corrected chi connectivity index (χ4v) is 3.73. The van der Waals surface area contributed by atoms with Crippen LogP contribution in [0.15, 0.2) is 60.9 Å². The van der Waals surface area contributed by atoms with E-state index < -0.39 is 17.6 Å². The van der Waals surface area contributed by atoms with Crippen LogP contribution in [0, 0.1) is 5.82 Å². The standard InChI is InChI=1S/C23H22F4N4O/c1-16-13-31(9-8-30(16)14-17-4-2-5-18(10-17)23(25,26)27)21-12-22(29-15-28-21)32-20-7-3-6-19(24)11-20/h2-7,10-12,15-16H,8-9,13-14H2,1H3/t16-/m1/s1. The Kier molecular flexibility index (Phi) is 6.27. The Hall–Kier alpha value is -3.20. The van der Waals surface area contributed by atoms with Gasteiger partial charge in [-0.1, -0.05) is 24.3 Å². The second-order valence-corrected chi connectivity index (χ2v) is 7.74. The van der Waals surface area contributed by atoms with Crippen LogP contribution in [0.2, 0.25) is 0 Å². The summed E-state index contributed by atoms with van der Waals surface area (Å²) in [4.78, 5) is 12.6. The average molecular weight is 446 g/mol. The van der Waals surface area contributed by atoms with Crippen molar-refractivity contribution in [2.75, 3.05) is 24.5 Å². The molecule has 1 aromatic heterocycles. The average Bonchev–Trinajstić information content (AvgIpc) is 2.75. The zero-order chi connectivity index (χ0) is 22.7. The lowest BCUT2D eigenvalue weighted by atomic mass is 10.1. The quantitative estimate of drug-likeness (QED) is 0.508. The first-order chi connectivity index (χ1) is 15.3. The van der Waals surface area contributed by atoms with Gasteiger partial charge in [-0.2, -0.15) is 13.2 Å². The minimum Gasteiger partial charge on any atom is -0.439 e. The van der Waals surface area contributed by atoms with E-state index in [1.54, 1.807) is 24.3 Å². The van der Waals surface area contributed by atoms with Crippen molar-refractivity contribution >= 4 is 5.82 Å². The summed E-state index contributed by atoms with van der Waals surface area (Å²) in [5.41, 5.74) is 0.000965. The number of rotatable bonds is 5. The van der Waals surface area contributed by atoms with Crippen LogP contribution >= 0.6 is 0 Å². The van der Waals surface area contributed by atoms with Gasteiger partial charge >= 0.3 is 6.18 Å². The lowest BCUT2D eigenvalue weighted by molar-refractivity contribution is -0.137. The number of halogens is 4. The molecule has 1 aliphatic rings. The maximum atomic E-state index is 13.4. The van der Waals surface area contributed by atoms with Crippen molar-refractivity contribution in [3.05, 3.63) is 77.9 Å². The number of anilines is 1. The molecule has 0 radical (unpaired) electrons. The Bertz CT molecular complexity index is 1080. The summed E-state index contributed by atoms with van der Waals surface area (Å²) in [5, 5.41) is 0. The topological polar surface area (TPSA) is 41.5 Å². The second-order valence-electron chi connectivity index (χ2n) is 7.74. The maximum absolute atomic E-state index is 13.4. The van der Waals surface area contributed by atoms with Crippen LogP contribution in [0.25, 0.3) is 0 Å². The van der Waals surface area contributed by atoms with E-state index in [0.717, 1.165) is 6.07 Å². The van der Waals surface area contributed by atoms with Gasteiger partial charge in [0.05, 0.1) is 5.56 Å². The molecule has 0 amide bonds. The van der Waals surface area contributed by atoms with E-state index in [-0.39, 0.29) is 6.04 Å². The molecule has 32 heavy (non-hydrogen) atoms. The second kappa shape index (κ2) is 9.12. The van der Waals surface area contributed by atoms with Crippen LogP contribution in [-0.2, 0) is 12.7 Å². The zero-order valence-electron chi connectivity index (χ0n) is 17.4. The molecule has 0 unspecified atom stereocenters. The van der Waals surface area contributed by atoms with E-state index in [2.05, 4.69) is 19.8 Å². The van der Waals surface area contributed by atoms with Crippen LogP contribution in [0.4, 0.5) is 23.4 Å². The highest BCUT2D eigenvalue weighted by atomic mass is 19.4. The van der Waals surface area contributed by atoms with Gasteiger partial charge in [0.15, 0.2) is 0 Å². The van der Waals surface area contributed by atoms with Crippen molar-refractivity contribution in [2.24, 2.45) is 0 Å². The van der Waals surface area contributed by atoms with E-state index in [1.165, 1.54) is 30.6 Å². The van der Waals surface area contributed by atoms with Gasteiger partial charge in [0.2, 0.25) is 5.88 Å². The summed E-state index contributed by atoms with van der Waals surface area (Å²) in [6, 6.07) is 13.0. The van der Waals surface area contributed by atoms with E-state index in [9.17, 15) is 17.6 Å². The van der Waals surface area contributed by atoms with Gasteiger partial charge < -0.3 is 9.64 Å². The minimum absolute atomic E-state index is 0.0980. The summed E-state index contributed by atoms with van der Waals surface area (Å²) >= 11 is 0. The molecule has 0 saturated carbocycles. The Morgan fingerprint density at radius 2 is 1.84 bits per heavy atom. The lowest BCUT2D eigenvalue weighted by Crippen LogP contribution is -2.51. The highest BCUT2D eigenvalue weighted by Gasteiger charge is 2.31. The number of alkyl halides is 3. The van der Waals surface area contributed by atoms with Crippen LogP contribution in [-0.4, -0.2) is 40.5 Å². The van der Waals surface area contributed by atoms with Gasteiger partial charge in [0.25, 0.3) is 0 Å². The summed E-state index contributed by atoms with van der Waals surface area (Å²) in [6.07, 6.45) is -2.96. The molecule has 1 aliphatic heterocycles. The summed E-state index contributed by atoms with van der Waals surface area (Å²) in [5.74, 6) is 0.924. The molecule has 0 bridgehead atoms. The van der Waals surface area contributed by atoms with Crippen molar-refractivity contribution in [3.8, 4) is 11.6 Å². The molecule has 1 saturated heterocycles. The van der Waals surface area contributed by atoms with Crippen LogP contribution in [0.3, 0.4) is 0 Å². The third kappa shape index (κ3) is 5.34. The Balaban J connectivity index is 1.40. The molecule has 5 nitrogen and oxygen atoms in total. The van der Waals surface area contributed by atoms with Gasteiger partial charge in [-0.15, -0.1) is 0 Å². The normalized spacial score (nSPS) is 17.4. The predicted molar refractivity (Wildman–Crippen MR) is 112 cm³/mol. The fourth-order valence-electron chi connectivity index (χ4n) is 3.73. The molecule has 0 aliphatic carbocycles. The highest BCUT2D eigenvalue weighted by molar-refractivity contribution is 5.43. The van der Waals surface area contributed by atoms with Crippen LogP contribution in [0.5, 0.6) is 11.6 Å². The molecule has 3 aromatic rings. The number of piperazine rings is 1. The van der Waals surface area contributed by atoms with E-state index >= 15 is 0 Å². The predicted octanol–water partition coefficient (Wildman–Crippen LogP) is 5.14. The highest BCUT2D eigenvalue weighted by Crippen LogP contribution is 2.30. The third-order valence-electron chi connectivity index (χ3n) is 5.38. The molecular weight excluding hydrogens is 424 g/mol. The summed E-state index contributed by atoms with van der Waals surface area (Å²) < 4.78 is 58.0. The molecule has 1 fully saturated rings. The van der Waals surface area contributed by atoms with Gasteiger partial charge in [-0.05, 0) is 30.7 Å². The molecule has 0 spiro atoms. The smallest absolute Gasteiger partial charge is 0.416 e. The van der Waals surface area contributed by atoms with Crippen molar-refractivity contribution < 1.29 is 22.3 Å². The first kappa shape index (κ1) is 22.0. The number of ether oxygens (including phenoxy) is 1. The van der Waals surface area contributed by atoms with Gasteiger partial charge in [-0.3, -0.25) is 4.90 Å². The molecule has 2 aromatic carbocycles. The lowest BCUT2D eigenvalue weighted by Gasteiger charge is -2.40. The summed E-state index contributed by atoms with van der Waals surface area (Å²) in [7, 11) is 0. The van der Waals surface area contributed by atoms with Crippen molar-refractivity contribution in [1.29, 1.82) is 0 Å². The molecule has 4 rings (SSSR count). The van der Waals surface area contributed by atoms with E-state index in [4.69, 9.17) is 4.74 Å². The van der Waals surface area contributed by atoms with Crippen molar-refractivity contribution in [2.45, 2.75) is 25.7 Å². The van der Waals surface area contributed by atoms with Gasteiger partial charge in [0.1, 0.15) is 23.7 Å². The molecule has 9 heteroatoms. The van der Waals surface area contributed by atoms with E-state index in [1.807, 2.05) is 6.92 Å². The molecular formula is C23H22F4N4O. The third-order valence-corrected chi connectivity index (χ3v) is 5.38. The Morgan fingerprint density at radius 3 is 2.59 bits per heavy atom. The van der Waals surface area contributed by atoms with E-state index in [0.29, 0.717) is 49.2 Å². The van der Waals surface area contributed by atoms with Crippen molar-refractivity contribution in [3.63, 3.8) is 0 Å². The SMILES string of the molecule is C[C@@H]1CN(c2cc(Oc3cccc(F)c3)ncn2)CCN1Cc1cccc(C(F)(F)F)c1. The molecule has 2 heterocycles. The minimum atomic E-state index is -4.35.